The average Bonchev–Trinajstić information content (AvgIpc) is 2.27. The fourth-order valence-electron chi connectivity index (χ4n) is 1.67. The SMILES string of the molecule is CCC(C)(C)C(O)c1cccc(OC(C)C)c1. The lowest BCUT2D eigenvalue weighted by Crippen LogP contribution is -2.21. The van der Waals surface area contributed by atoms with Gasteiger partial charge in [-0.3, -0.25) is 0 Å². The lowest BCUT2D eigenvalue weighted by Gasteiger charge is -2.29. The summed E-state index contributed by atoms with van der Waals surface area (Å²) in [6, 6.07) is 7.74. The Kier molecular flexibility index (Phi) is 4.58. The fourth-order valence-corrected chi connectivity index (χ4v) is 1.67. The molecule has 0 aliphatic rings. The second-order valence-electron chi connectivity index (χ2n) is 5.48. The lowest BCUT2D eigenvalue weighted by molar-refractivity contribution is 0.0463. The van der Waals surface area contributed by atoms with Gasteiger partial charge in [-0.25, -0.2) is 0 Å². The second kappa shape index (κ2) is 5.54. The zero-order valence-corrected chi connectivity index (χ0v) is 11.5. The molecule has 2 heteroatoms. The summed E-state index contributed by atoms with van der Waals surface area (Å²) in [6.07, 6.45) is 0.633. The van der Waals surface area contributed by atoms with Crippen molar-refractivity contribution >= 4 is 0 Å². The van der Waals surface area contributed by atoms with Crippen LogP contribution >= 0.6 is 0 Å². The van der Waals surface area contributed by atoms with E-state index in [1.54, 1.807) is 0 Å². The predicted molar refractivity (Wildman–Crippen MR) is 71.2 cm³/mol. The smallest absolute Gasteiger partial charge is 0.120 e. The molecule has 1 N–H and O–H groups in total. The Hall–Kier alpha value is -1.02. The molecule has 0 aliphatic carbocycles. The van der Waals surface area contributed by atoms with E-state index in [0.29, 0.717) is 0 Å². The Labute approximate surface area is 105 Å². The first-order valence-electron chi connectivity index (χ1n) is 6.31. The molecule has 2 nitrogen and oxygen atoms in total. The van der Waals surface area contributed by atoms with Crippen LogP contribution in [0.4, 0.5) is 0 Å². The molecule has 0 heterocycles. The molecule has 1 aromatic carbocycles. The Morgan fingerprint density at radius 1 is 1.29 bits per heavy atom. The van der Waals surface area contributed by atoms with E-state index >= 15 is 0 Å². The van der Waals surface area contributed by atoms with Crippen molar-refractivity contribution in [1.29, 1.82) is 0 Å². The summed E-state index contributed by atoms with van der Waals surface area (Å²) >= 11 is 0. The molecular weight excluding hydrogens is 212 g/mol. The highest BCUT2D eigenvalue weighted by Gasteiger charge is 2.27. The standard InChI is InChI=1S/C15H24O2/c1-6-15(4,5)14(16)12-8-7-9-13(10-12)17-11(2)3/h7-11,14,16H,6H2,1-5H3. The molecule has 0 aliphatic heterocycles. The van der Waals surface area contributed by atoms with Crippen LogP contribution in [0.2, 0.25) is 0 Å². The minimum atomic E-state index is -0.455. The Morgan fingerprint density at radius 2 is 1.94 bits per heavy atom. The molecule has 17 heavy (non-hydrogen) atoms. The molecule has 0 fully saturated rings. The molecule has 1 rings (SSSR count). The van der Waals surface area contributed by atoms with Crippen molar-refractivity contribution in [3.05, 3.63) is 29.8 Å². The van der Waals surface area contributed by atoms with E-state index in [0.717, 1.165) is 17.7 Å². The highest BCUT2D eigenvalue weighted by Crippen LogP contribution is 2.37. The minimum Gasteiger partial charge on any atom is -0.491 e. The molecule has 0 bridgehead atoms. The van der Waals surface area contributed by atoms with Crippen LogP contribution < -0.4 is 4.74 Å². The maximum atomic E-state index is 10.4. The molecule has 96 valence electrons. The zero-order valence-electron chi connectivity index (χ0n) is 11.5. The molecule has 0 radical (unpaired) electrons. The number of rotatable bonds is 5. The number of hydrogen-bond acceptors (Lipinski definition) is 2. The number of benzene rings is 1. The third-order valence-electron chi connectivity index (χ3n) is 3.20. The van der Waals surface area contributed by atoms with Crippen molar-refractivity contribution < 1.29 is 9.84 Å². The Morgan fingerprint density at radius 3 is 2.47 bits per heavy atom. The summed E-state index contributed by atoms with van der Waals surface area (Å²) < 4.78 is 5.64. The van der Waals surface area contributed by atoms with E-state index in [2.05, 4.69) is 20.8 Å². The maximum Gasteiger partial charge on any atom is 0.120 e. The first-order valence-corrected chi connectivity index (χ1v) is 6.31. The molecule has 0 spiro atoms. The van der Waals surface area contributed by atoms with Crippen molar-refractivity contribution in [3.8, 4) is 5.75 Å². The van der Waals surface area contributed by atoms with Crippen LogP contribution in [-0.4, -0.2) is 11.2 Å². The van der Waals surface area contributed by atoms with Gasteiger partial charge in [0, 0.05) is 0 Å². The van der Waals surface area contributed by atoms with E-state index in [9.17, 15) is 5.11 Å². The van der Waals surface area contributed by atoms with E-state index in [4.69, 9.17) is 4.74 Å². The van der Waals surface area contributed by atoms with Crippen molar-refractivity contribution in [2.24, 2.45) is 5.41 Å². The normalized spacial score (nSPS) is 13.8. The molecular formula is C15H24O2. The molecule has 0 saturated carbocycles. The summed E-state index contributed by atoms with van der Waals surface area (Å²) in [4.78, 5) is 0. The third kappa shape index (κ3) is 3.74. The van der Waals surface area contributed by atoms with Crippen LogP contribution in [0.3, 0.4) is 0 Å². The molecule has 1 aromatic rings. The summed E-state index contributed by atoms with van der Waals surface area (Å²) in [7, 11) is 0. The van der Waals surface area contributed by atoms with Crippen molar-refractivity contribution in [3.63, 3.8) is 0 Å². The number of aliphatic hydroxyl groups excluding tert-OH is 1. The van der Waals surface area contributed by atoms with Gasteiger partial charge in [-0.05, 0) is 43.4 Å². The fraction of sp³-hybridized carbons (Fsp3) is 0.600. The van der Waals surface area contributed by atoms with Gasteiger partial charge in [0.05, 0.1) is 12.2 Å². The molecule has 0 saturated heterocycles. The number of aliphatic hydroxyl groups is 1. The predicted octanol–water partition coefficient (Wildman–Crippen LogP) is 3.94. The van der Waals surface area contributed by atoms with Crippen LogP contribution in [0.15, 0.2) is 24.3 Å². The van der Waals surface area contributed by atoms with Gasteiger partial charge in [-0.15, -0.1) is 0 Å². The van der Waals surface area contributed by atoms with Gasteiger partial charge in [0.2, 0.25) is 0 Å². The first kappa shape index (κ1) is 14.0. The van der Waals surface area contributed by atoms with Gasteiger partial charge in [0.15, 0.2) is 0 Å². The van der Waals surface area contributed by atoms with E-state index < -0.39 is 6.10 Å². The summed E-state index contributed by atoms with van der Waals surface area (Å²) in [5.74, 6) is 0.823. The molecule has 1 unspecified atom stereocenters. The number of ether oxygens (including phenoxy) is 1. The monoisotopic (exact) mass is 236 g/mol. The molecule has 0 aromatic heterocycles. The summed E-state index contributed by atoms with van der Waals surface area (Å²) in [5.41, 5.74) is 0.811. The molecule has 0 amide bonds. The topological polar surface area (TPSA) is 29.5 Å². The lowest BCUT2D eigenvalue weighted by atomic mass is 9.80. The second-order valence-corrected chi connectivity index (χ2v) is 5.48. The number of hydrogen-bond donors (Lipinski definition) is 1. The van der Waals surface area contributed by atoms with Gasteiger partial charge in [-0.1, -0.05) is 32.9 Å². The highest BCUT2D eigenvalue weighted by molar-refractivity contribution is 5.30. The van der Waals surface area contributed by atoms with Gasteiger partial charge in [0.25, 0.3) is 0 Å². The van der Waals surface area contributed by atoms with Gasteiger partial charge in [-0.2, -0.15) is 0 Å². The Balaban J connectivity index is 2.91. The average molecular weight is 236 g/mol. The largest absolute Gasteiger partial charge is 0.491 e. The van der Waals surface area contributed by atoms with E-state index in [-0.39, 0.29) is 11.5 Å². The third-order valence-corrected chi connectivity index (χ3v) is 3.20. The quantitative estimate of drug-likeness (QED) is 0.839. The van der Waals surface area contributed by atoms with Gasteiger partial charge < -0.3 is 9.84 Å². The van der Waals surface area contributed by atoms with Crippen LogP contribution in [0.25, 0.3) is 0 Å². The minimum absolute atomic E-state index is 0.115. The van der Waals surface area contributed by atoms with Crippen molar-refractivity contribution in [2.75, 3.05) is 0 Å². The summed E-state index contributed by atoms with van der Waals surface area (Å²) in [6.45, 7) is 10.2. The Bertz CT molecular complexity index is 356. The zero-order chi connectivity index (χ0) is 13.1. The van der Waals surface area contributed by atoms with Crippen LogP contribution in [0.1, 0.15) is 52.7 Å². The highest BCUT2D eigenvalue weighted by atomic mass is 16.5. The maximum absolute atomic E-state index is 10.4. The van der Waals surface area contributed by atoms with Crippen LogP contribution in [-0.2, 0) is 0 Å². The van der Waals surface area contributed by atoms with E-state index in [1.165, 1.54) is 0 Å². The van der Waals surface area contributed by atoms with Gasteiger partial charge in [0.1, 0.15) is 5.75 Å². The summed E-state index contributed by atoms with van der Waals surface area (Å²) in [5, 5.41) is 10.4. The van der Waals surface area contributed by atoms with Crippen LogP contribution in [0, 0.1) is 5.41 Å². The van der Waals surface area contributed by atoms with Crippen molar-refractivity contribution in [1.82, 2.24) is 0 Å². The van der Waals surface area contributed by atoms with Crippen molar-refractivity contribution in [2.45, 2.75) is 53.2 Å². The van der Waals surface area contributed by atoms with Crippen LogP contribution in [0.5, 0.6) is 5.75 Å². The first-order chi connectivity index (χ1) is 7.86. The molecule has 1 atom stereocenters. The van der Waals surface area contributed by atoms with Gasteiger partial charge >= 0.3 is 0 Å². The van der Waals surface area contributed by atoms with E-state index in [1.807, 2.05) is 38.1 Å².